The van der Waals surface area contributed by atoms with Gasteiger partial charge in [-0.15, -0.1) is 0 Å². The van der Waals surface area contributed by atoms with E-state index in [1.54, 1.807) is 0 Å². The van der Waals surface area contributed by atoms with Gasteiger partial charge in [0.1, 0.15) is 0 Å². The minimum absolute atomic E-state index is 0.104. The maximum atomic E-state index is 11.8. The summed E-state index contributed by atoms with van der Waals surface area (Å²) in [5.74, 6) is 1.18. The van der Waals surface area contributed by atoms with Gasteiger partial charge in [0.15, 0.2) is 5.76 Å². The van der Waals surface area contributed by atoms with E-state index < -0.39 is 0 Å². The Hall–Kier alpha value is -2.05. The fourth-order valence-electron chi connectivity index (χ4n) is 2.61. The molecule has 0 radical (unpaired) electrons. The number of nitrogens with one attached hydrogen (secondary N) is 3. The lowest BCUT2D eigenvalue weighted by molar-refractivity contribution is -0.124. The topological polar surface area (TPSA) is 96.3 Å². The lowest BCUT2D eigenvalue weighted by atomic mass is 10.1. The fraction of sp³-hybridized carbons (Fsp3) is 0.688. The molecule has 0 atom stereocenters. The van der Waals surface area contributed by atoms with Crippen molar-refractivity contribution in [1.29, 1.82) is 0 Å². The monoisotopic (exact) mass is 322 g/mol. The number of carbonyl (C=O) groups is 2. The Morgan fingerprint density at radius 2 is 1.91 bits per heavy atom. The zero-order valence-corrected chi connectivity index (χ0v) is 13.9. The second-order valence-electron chi connectivity index (χ2n) is 6.25. The van der Waals surface area contributed by atoms with Crippen LogP contribution in [0.1, 0.15) is 56.9 Å². The predicted octanol–water partition coefficient (Wildman–Crippen LogP) is 1.90. The van der Waals surface area contributed by atoms with Crippen molar-refractivity contribution >= 4 is 11.9 Å². The van der Waals surface area contributed by atoms with Crippen LogP contribution in [-0.4, -0.2) is 30.2 Å². The van der Waals surface area contributed by atoms with Crippen molar-refractivity contribution < 1.29 is 14.1 Å². The maximum Gasteiger partial charge on any atom is 0.315 e. The summed E-state index contributed by atoms with van der Waals surface area (Å²) in [6, 6.07) is 1.55. The van der Waals surface area contributed by atoms with Crippen molar-refractivity contribution in [1.82, 2.24) is 21.1 Å². The van der Waals surface area contributed by atoms with E-state index in [1.165, 1.54) is 0 Å². The third kappa shape index (κ3) is 5.58. The molecule has 0 aliphatic heterocycles. The van der Waals surface area contributed by atoms with Crippen molar-refractivity contribution in [3.63, 3.8) is 0 Å². The standard InChI is InChI=1S/C16H26N4O3/c1-11(2)14-9-13(23-20-14)10-19-16(22)18-8-7-17-15(21)12-5-3-4-6-12/h9,11-12H,3-8,10H2,1-2H3,(H,17,21)(H2,18,19,22). The Kier molecular flexibility index (Phi) is 6.43. The summed E-state index contributed by atoms with van der Waals surface area (Å²) >= 11 is 0. The molecule has 1 aromatic rings. The van der Waals surface area contributed by atoms with E-state index in [2.05, 4.69) is 21.1 Å². The molecule has 1 heterocycles. The third-order valence-corrected chi connectivity index (χ3v) is 4.03. The van der Waals surface area contributed by atoms with Crippen molar-refractivity contribution in [2.24, 2.45) is 5.92 Å². The molecule has 1 aliphatic rings. The minimum Gasteiger partial charge on any atom is -0.359 e. The molecule has 0 aromatic carbocycles. The number of nitrogens with zero attached hydrogens (tertiary/aromatic N) is 1. The van der Waals surface area contributed by atoms with Gasteiger partial charge in [0.05, 0.1) is 12.2 Å². The first kappa shape index (κ1) is 17.3. The predicted molar refractivity (Wildman–Crippen MR) is 85.8 cm³/mol. The van der Waals surface area contributed by atoms with Gasteiger partial charge in [0, 0.05) is 25.1 Å². The lowest BCUT2D eigenvalue weighted by Crippen LogP contribution is -2.41. The molecule has 0 unspecified atom stereocenters. The molecule has 7 nitrogen and oxygen atoms in total. The summed E-state index contributed by atoms with van der Waals surface area (Å²) < 4.78 is 5.14. The van der Waals surface area contributed by atoms with Gasteiger partial charge >= 0.3 is 6.03 Å². The van der Waals surface area contributed by atoms with Crippen LogP contribution in [0.2, 0.25) is 0 Å². The first-order chi connectivity index (χ1) is 11.1. The zero-order chi connectivity index (χ0) is 16.7. The zero-order valence-electron chi connectivity index (χ0n) is 13.9. The second-order valence-corrected chi connectivity index (χ2v) is 6.25. The van der Waals surface area contributed by atoms with E-state index in [0.717, 1.165) is 31.4 Å². The van der Waals surface area contributed by atoms with Crippen LogP contribution in [0.4, 0.5) is 4.79 Å². The number of amides is 3. The summed E-state index contributed by atoms with van der Waals surface area (Å²) in [7, 11) is 0. The molecule has 2 rings (SSSR count). The fourth-order valence-corrected chi connectivity index (χ4v) is 2.61. The molecular formula is C16H26N4O3. The SMILES string of the molecule is CC(C)c1cc(CNC(=O)NCCNC(=O)C2CCCC2)on1. The molecule has 7 heteroatoms. The first-order valence-corrected chi connectivity index (χ1v) is 8.31. The van der Waals surface area contributed by atoms with E-state index in [4.69, 9.17) is 4.52 Å². The van der Waals surface area contributed by atoms with Crippen molar-refractivity contribution in [3.8, 4) is 0 Å². The number of hydrogen-bond donors (Lipinski definition) is 3. The Morgan fingerprint density at radius 1 is 1.22 bits per heavy atom. The van der Waals surface area contributed by atoms with Crippen molar-refractivity contribution in [2.45, 2.75) is 52.0 Å². The van der Waals surface area contributed by atoms with Gasteiger partial charge in [0.2, 0.25) is 5.91 Å². The highest BCUT2D eigenvalue weighted by Gasteiger charge is 2.21. The van der Waals surface area contributed by atoms with Crippen molar-refractivity contribution in [3.05, 3.63) is 17.5 Å². The molecule has 0 bridgehead atoms. The molecular weight excluding hydrogens is 296 g/mol. The van der Waals surface area contributed by atoms with Crippen LogP contribution < -0.4 is 16.0 Å². The quantitative estimate of drug-likeness (QED) is 0.668. The Balaban J connectivity index is 1.56. The lowest BCUT2D eigenvalue weighted by Gasteiger charge is -2.11. The highest BCUT2D eigenvalue weighted by Crippen LogP contribution is 2.24. The van der Waals surface area contributed by atoms with Gasteiger partial charge < -0.3 is 20.5 Å². The number of urea groups is 1. The molecule has 1 aliphatic carbocycles. The van der Waals surface area contributed by atoms with Crippen LogP contribution >= 0.6 is 0 Å². The first-order valence-electron chi connectivity index (χ1n) is 8.31. The number of aromatic nitrogens is 1. The number of carbonyl (C=O) groups excluding carboxylic acids is 2. The summed E-state index contributed by atoms with van der Waals surface area (Å²) in [5.41, 5.74) is 0.872. The third-order valence-electron chi connectivity index (χ3n) is 4.03. The van der Waals surface area contributed by atoms with Crippen LogP contribution in [0.15, 0.2) is 10.6 Å². The molecule has 1 saturated carbocycles. The molecule has 3 amide bonds. The van der Waals surface area contributed by atoms with E-state index in [0.29, 0.717) is 31.3 Å². The Labute approximate surface area is 136 Å². The highest BCUT2D eigenvalue weighted by atomic mass is 16.5. The van der Waals surface area contributed by atoms with E-state index >= 15 is 0 Å². The van der Waals surface area contributed by atoms with E-state index in [9.17, 15) is 9.59 Å². The van der Waals surface area contributed by atoms with E-state index in [1.807, 2.05) is 19.9 Å². The van der Waals surface area contributed by atoms with Crippen LogP contribution in [0, 0.1) is 5.92 Å². The summed E-state index contributed by atoms with van der Waals surface area (Å²) in [6.45, 7) is 5.20. The van der Waals surface area contributed by atoms with Gasteiger partial charge in [0.25, 0.3) is 0 Å². The molecule has 0 saturated heterocycles. The van der Waals surface area contributed by atoms with Crippen molar-refractivity contribution in [2.75, 3.05) is 13.1 Å². The van der Waals surface area contributed by atoms with Gasteiger partial charge in [-0.1, -0.05) is 31.8 Å². The molecule has 0 spiro atoms. The van der Waals surface area contributed by atoms with Gasteiger partial charge in [-0.25, -0.2) is 4.79 Å². The smallest absolute Gasteiger partial charge is 0.315 e. The molecule has 1 fully saturated rings. The highest BCUT2D eigenvalue weighted by molar-refractivity contribution is 5.79. The minimum atomic E-state index is -0.289. The normalized spacial score (nSPS) is 14.9. The van der Waals surface area contributed by atoms with Gasteiger partial charge in [-0.05, 0) is 18.8 Å². The van der Waals surface area contributed by atoms with E-state index in [-0.39, 0.29) is 17.9 Å². The number of rotatable bonds is 7. The Morgan fingerprint density at radius 3 is 2.57 bits per heavy atom. The summed E-state index contributed by atoms with van der Waals surface area (Å²) in [5, 5.41) is 12.2. The maximum absolute atomic E-state index is 11.8. The molecule has 3 N–H and O–H groups in total. The van der Waals surface area contributed by atoms with Crippen LogP contribution in [0.5, 0.6) is 0 Å². The molecule has 23 heavy (non-hydrogen) atoms. The summed E-state index contributed by atoms with van der Waals surface area (Å²) in [4.78, 5) is 23.5. The van der Waals surface area contributed by atoms with Gasteiger partial charge in [-0.3, -0.25) is 4.79 Å². The molecule has 128 valence electrons. The van der Waals surface area contributed by atoms with Gasteiger partial charge in [-0.2, -0.15) is 0 Å². The van der Waals surface area contributed by atoms with Crippen LogP contribution in [0.25, 0.3) is 0 Å². The van der Waals surface area contributed by atoms with Crippen LogP contribution in [0.3, 0.4) is 0 Å². The average Bonchev–Trinajstić information content (AvgIpc) is 3.20. The summed E-state index contributed by atoms with van der Waals surface area (Å²) in [6.07, 6.45) is 4.24. The molecule has 1 aromatic heterocycles. The number of hydrogen-bond acceptors (Lipinski definition) is 4. The average molecular weight is 322 g/mol. The second kappa shape index (κ2) is 8.55. The Bertz CT molecular complexity index is 521. The largest absolute Gasteiger partial charge is 0.359 e. The van der Waals surface area contributed by atoms with Crippen LogP contribution in [-0.2, 0) is 11.3 Å².